The summed E-state index contributed by atoms with van der Waals surface area (Å²) in [5, 5.41) is 10.3. The summed E-state index contributed by atoms with van der Waals surface area (Å²) in [6.45, 7) is 2.32. The van der Waals surface area contributed by atoms with Crippen molar-refractivity contribution in [3.63, 3.8) is 0 Å². The molecule has 0 amide bonds. The maximum Gasteiger partial charge on any atom is 0.351 e. The fraction of sp³-hybridized carbons (Fsp3) is 0.364. The minimum atomic E-state index is -0.610. The standard InChI is InChI=1S/C11H14FN3O2/c1-2-17-11(16)9(13)5-6-14-10-4-3-8(12)7-15-10/h3-4,7,13H,2,5-6H2,1H3,(H,14,15). The molecule has 92 valence electrons. The Hall–Kier alpha value is -1.98. The molecule has 0 saturated carbocycles. The highest BCUT2D eigenvalue weighted by atomic mass is 19.1. The smallest absolute Gasteiger partial charge is 0.351 e. The van der Waals surface area contributed by atoms with Gasteiger partial charge in [-0.2, -0.15) is 0 Å². The van der Waals surface area contributed by atoms with Crippen molar-refractivity contribution in [1.82, 2.24) is 4.98 Å². The fourth-order valence-electron chi connectivity index (χ4n) is 1.12. The molecule has 6 heteroatoms. The Kier molecular flexibility index (Phi) is 5.06. The van der Waals surface area contributed by atoms with E-state index < -0.39 is 11.8 Å². The van der Waals surface area contributed by atoms with Gasteiger partial charge in [-0.25, -0.2) is 14.2 Å². The lowest BCUT2D eigenvalue weighted by molar-refractivity contribution is -0.135. The van der Waals surface area contributed by atoms with Crippen molar-refractivity contribution in [3.8, 4) is 0 Å². The molecule has 0 aromatic carbocycles. The van der Waals surface area contributed by atoms with Gasteiger partial charge >= 0.3 is 5.97 Å². The van der Waals surface area contributed by atoms with Crippen LogP contribution in [0.15, 0.2) is 18.3 Å². The summed E-state index contributed by atoms with van der Waals surface area (Å²) in [6, 6.07) is 2.77. The van der Waals surface area contributed by atoms with Crippen molar-refractivity contribution >= 4 is 17.5 Å². The highest BCUT2D eigenvalue weighted by Crippen LogP contribution is 2.03. The average molecular weight is 239 g/mol. The Labute approximate surface area is 98.5 Å². The molecule has 1 aromatic rings. The number of anilines is 1. The topological polar surface area (TPSA) is 75.1 Å². The Morgan fingerprint density at radius 1 is 1.59 bits per heavy atom. The van der Waals surface area contributed by atoms with Gasteiger partial charge in [-0.3, -0.25) is 5.41 Å². The van der Waals surface area contributed by atoms with Crippen LogP contribution in [-0.4, -0.2) is 29.8 Å². The van der Waals surface area contributed by atoms with Crippen LogP contribution in [0, 0.1) is 11.2 Å². The van der Waals surface area contributed by atoms with Crippen molar-refractivity contribution in [2.45, 2.75) is 13.3 Å². The van der Waals surface area contributed by atoms with E-state index in [1.54, 1.807) is 6.92 Å². The summed E-state index contributed by atoms with van der Waals surface area (Å²) in [6.07, 6.45) is 1.33. The number of carbonyl (C=O) groups is 1. The third-order valence-electron chi connectivity index (χ3n) is 1.93. The molecule has 0 spiro atoms. The van der Waals surface area contributed by atoms with Crippen LogP contribution in [0.4, 0.5) is 10.2 Å². The number of ether oxygens (including phenoxy) is 1. The second-order valence-corrected chi connectivity index (χ2v) is 3.24. The number of hydrogen-bond acceptors (Lipinski definition) is 5. The average Bonchev–Trinajstić information content (AvgIpc) is 2.32. The van der Waals surface area contributed by atoms with Crippen molar-refractivity contribution in [2.24, 2.45) is 0 Å². The van der Waals surface area contributed by atoms with E-state index in [0.717, 1.165) is 6.20 Å². The van der Waals surface area contributed by atoms with Gasteiger partial charge in [-0.1, -0.05) is 0 Å². The lowest BCUT2D eigenvalue weighted by Gasteiger charge is -2.06. The van der Waals surface area contributed by atoms with Gasteiger partial charge < -0.3 is 10.1 Å². The summed E-state index contributed by atoms with van der Waals surface area (Å²) in [5.74, 6) is -0.515. The van der Waals surface area contributed by atoms with Crippen molar-refractivity contribution in [3.05, 3.63) is 24.1 Å². The van der Waals surface area contributed by atoms with Crippen molar-refractivity contribution in [2.75, 3.05) is 18.5 Å². The number of halogens is 1. The molecule has 1 rings (SSSR count). The van der Waals surface area contributed by atoms with E-state index in [4.69, 9.17) is 5.41 Å². The first kappa shape index (κ1) is 13.1. The molecule has 0 unspecified atom stereocenters. The van der Waals surface area contributed by atoms with Crippen LogP contribution in [0.5, 0.6) is 0 Å². The summed E-state index contributed by atoms with van der Waals surface area (Å²) >= 11 is 0. The molecule has 0 aliphatic rings. The van der Waals surface area contributed by atoms with Crippen LogP contribution >= 0.6 is 0 Å². The largest absolute Gasteiger partial charge is 0.462 e. The maximum absolute atomic E-state index is 12.5. The van der Waals surface area contributed by atoms with Crippen molar-refractivity contribution in [1.29, 1.82) is 5.41 Å². The molecular weight excluding hydrogens is 225 g/mol. The van der Waals surface area contributed by atoms with E-state index in [1.807, 2.05) is 0 Å². The normalized spacial score (nSPS) is 9.76. The van der Waals surface area contributed by atoms with Crippen LogP contribution in [0.25, 0.3) is 0 Å². The minimum absolute atomic E-state index is 0.0959. The monoisotopic (exact) mass is 239 g/mol. The number of esters is 1. The van der Waals surface area contributed by atoms with Gasteiger partial charge in [0.15, 0.2) is 0 Å². The predicted octanol–water partition coefficient (Wildman–Crippen LogP) is 1.61. The zero-order chi connectivity index (χ0) is 12.7. The molecule has 1 heterocycles. The van der Waals surface area contributed by atoms with E-state index in [0.29, 0.717) is 12.4 Å². The van der Waals surface area contributed by atoms with E-state index in [-0.39, 0.29) is 18.7 Å². The quantitative estimate of drug-likeness (QED) is 0.584. The highest BCUT2D eigenvalue weighted by molar-refractivity contribution is 6.35. The first-order valence-electron chi connectivity index (χ1n) is 5.23. The molecule has 0 atom stereocenters. The van der Waals surface area contributed by atoms with E-state index in [2.05, 4.69) is 15.0 Å². The van der Waals surface area contributed by atoms with Crippen LogP contribution in [0.2, 0.25) is 0 Å². The number of nitrogens with zero attached hydrogens (tertiary/aromatic N) is 1. The van der Waals surface area contributed by atoms with Gasteiger partial charge in [0.25, 0.3) is 0 Å². The van der Waals surface area contributed by atoms with Crippen LogP contribution in [-0.2, 0) is 9.53 Å². The van der Waals surface area contributed by atoms with Gasteiger partial charge in [0, 0.05) is 13.0 Å². The lowest BCUT2D eigenvalue weighted by atomic mass is 10.2. The Morgan fingerprint density at radius 3 is 2.94 bits per heavy atom. The molecule has 0 fully saturated rings. The van der Waals surface area contributed by atoms with Gasteiger partial charge in [-0.15, -0.1) is 0 Å². The van der Waals surface area contributed by atoms with Gasteiger partial charge in [-0.05, 0) is 19.1 Å². The Morgan fingerprint density at radius 2 is 2.35 bits per heavy atom. The third kappa shape index (κ3) is 4.58. The fourth-order valence-corrected chi connectivity index (χ4v) is 1.12. The molecule has 0 radical (unpaired) electrons. The van der Waals surface area contributed by atoms with Gasteiger partial charge in [0.05, 0.1) is 12.8 Å². The van der Waals surface area contributed by atoms with Crippen LogP contribution < -0.4 is 5.32 Å². The summed E-state index contributed by atoms with van der Waals surface area (Å²) < 4.78 is 17.2. The molecule has 0 saturated heterocycles. The summed E-state index contributed by atoms with van der Waals surface area (Å²) in [5.41, 5.74) is -0.0959. The van der Waals surface area contributed by atoms with Gasteiger partial charge in [0.2, 0.25) is 0 Å². The van der Waals surface area contributed by atoms with Crippen LogP contribution in [0.3, 0.4) is 0 Å². The van der Waals surface area contributed by atoms with Gasteiger partial charge in [0.1, 0.15) is 17.3 Å². The number of aromatic nitrogens is 1. The second kappa shape index (κ2) is 6.57. The molecule has 2 N–H and O–H groups in total. The predicted molar refractivity (Wildman–Crippen MR) is 61.7 cm³/mol. The number of pyridine rings is 1. The molecule has 0 aliphatic heterocycles. The number of carbonyl (C=O) groups excluding carboxylic acids is 1. The summed E-state index contributed by atoms with van der Waals surface area (Å²) in [4.78, 5) is 14.9. The van der Waals surface area contributed by atoms with Crippen LogP contribution in [0.1, 0.15) is 13.3 Å². The molecular formula is C11H14FN3O2. The number of hydrogen-bond donors (Lipinski definition) is 2. The Bertz CT molecular complexity index is 392. The first-order valence-corrected chi connectivity index (χ1v) is 5.23. The zero-order valence-corrected chi connectivity index (χ0v) is 9.50. The van der Waals surface area contributed by atoms with Crippen molar-refractivity contribution < 1.29 is 13.9 Å². The number of nitrogens with one attached hydrogen (secondary N) is 2. The third-order valence-corrected chi connectivity index (χ3v) is 1.93. The maximum atomic E-state index is 12.5. The molecule has 0 aliphatic carbocycles. The molecule has 0 bridgehead atoms. The summed E-state index contributed by atoms with van der Waals surface area (Å²) in [7, 11) is 0. The molecule has 1 aromatic heterocycles. The van der Waals surface area contributed by atoms with E-state index in [1.165, 1.54) is 12.1 Å². The first-order chi connectivity index (χ1) is 8.13. The zero-order valence-electron chi connectivity index (χ0n) is 9.50. The minimum Gasteiger partial charge on any atom is -0.462 e. The lowest BCUT2D eigenvalue weighted by Crippen LogP contribution is -2.19. The SMILES string of the molecule is CCOC(=O)C(=N)CCNc1ccc(F)cn1. The highest BCUT2D eigenvalue weighted by Gasteiger charge is 2.09. The number of rotatable bonds is 6. The second-order valence-electron chi connectivity index (χ2n) is 3.24. The molecule has 17 heavy (non-hydrogen) atoms. The van der Waals surface area contributed by atoms with E-state index in [9.17, 15) is 9.18 Å². The molecule has 5 nitrogen and oxygen atoms in total. The van der Waals surface area contributed by atoms with E-state index >= 15 is 0 Å². The Balaban J connectivity index is 2.30.